The summed E-state index contributed by atoms with van der Waals surface area (Å²) in [4.78, 5) is 14.4. The molecule has 1 fully saturated rings. The molecular weight excluding hydrogens is 305 g/mol. The molecule has 0 aliphatic heterocycles. The van der Waals surface area contributed by atoms with Crippen LogP contribution in [0.2, 0.25) is 0 Å². The second-order valence-corrected chi connectivity index (χ2v) is 7.36. The number of halogens is 1. The first-order chi connectivity index (χ1) is 11.3. The highest BCUT2D eigenvalue weighted by Crippen LogP contribution is 2.26. The zero-order valence-electron chi connectivity index (χ0n) is 14.8. The monoisotopic (exact) mass is 331 g/mol. The fourth-order valence-corrected chi connectivity index (χ4v) is 3.03. The minimum atomic E-state index is -0.545. The predicted molar refractivity (Wildman–Crippen MR) is 93.0 cm³/mol. The maximum Gasteiger partial charge on any atom is 0.410 e. The van der Waals surface area contributed by atoms with E-state index >= 15 is 0 Å². The number of ether oxygens (including phenoxy) is 1. The van der Waals surface area contributed by atoms with Crippen LogP contribution in [-0.4, -0.2) is 22.6 Å². The van der Waals surface area contributed by atoms with E-state index in [1.54, 1.807) is 17.0 Å². The van der Waals surface area contributed by atoms with Crippen LogP contribution in [0.15, 0.2) is 18.2 Å². The van der Waals surface area contributed by atoms with Crippen LogP contribution in [-0.2, 0) is 11.3 Å². The quantitative estimate of drug-likeness (QED) is 0.739. The molecule has 1 amide bonds. The van der Waals surface area contributed by atoms with Crippen LogP contribution in [0.1, 0.15) is 64.0 Å². The predicted octanol–water partition coefficient (Wildman–Crippen LogP) is 4.88. The van der Waals surface area contributed by atoms with E-state index in [1.165, 1.54) is 12.5 Å². The number of terminal acetylenes is 1. The zero-order chi connectivity index (χ0) is 17.7. The highest BCUT2D eigenvalue weighted by atomic mass is 19.1. The van der Waals surface area contributed by atoms with E-state index < -0.39 is 11.4 Å². The van der Waals surface area contributed by atoms with E-state index in [2.05, 4.69) is 5.92 Å². The third-order valence-corrected chi connectivity index (χ3v) is 4.18. The lowest BCUT2D eigenvalue weighted by Gasteiger charge is -2.35. The van der Waals surface area contributed by atoms with Gasteiger partial charge in [0, 0.05) is 12.6 Å². The van der Waals surface area contributed by atoms with E-state index in [4.69, 9.17) is 11.2 Å². The highest BCUT2D eigenvalue weighted by Gasteiger charge is 2.29. The van der Waals surface area contributed by atoms with Crippen molar-refractivity contribution in [3.63, 3.8) is 0 Å². The second-order valence-electron chi connectivity index (χ2n) is 7.36. The molecule has 24 heavy (non-hydrogen) atoms. The molecule has 1 aromatic rings. The van der Waals surface area contributed by atoms with Gasteiger partial charge in [0.1, 0.15) is 11.4 Å². The van der Waals surface area contributed by atoms with Crippen molar-refractivity contribution < 1.29 is 13.9 Å². The maximum atomic E-state index is 13.6. The Morgan fingerprint density at radius 3 is 2.58 bits per heavy atom. The molecule has 0 spiro atoms. The van der Waals surface area contributed by atoms with E-state index in [1.807, 2.05) is 20.8 Å². The fraction of sp³-hybridized carbons (Fsp3) is 0.550. The van der Waals surface area contributed by atoms with Crippen LogP contribution in [0.4, 0.5) is 9.18 Å². The molecular formula is C20H26FNO2. The van der Waals surface area contributed by atoms with Gasteiger partial charge in [-0.1, -0.05) is 31.2 Å². The van der Waals surface area contributed by atoms with Gasteiger partial charge in [-0.15, -0.1) is 6.42 Å². The maximum absolute atomic E-state index is 13.6. The Bertz CT molecular complexity index is 622. The van der Waals surface area contributed by atoms with Crippen LogP contribution < -0.4 is 0 Å². The number of rotatable bonds is 3. The number of carbonyl (C=O) groups excluding carboxylic acids is 1. The Labute approximate surface area is 144 Å². The first kappa shape index (κ1) is 18.3. The van der Waals surface area contributed by atoms with Crippen molar-refractivity contribution in [2.24, 2.45) is 0 Å². The van der Waals surface area contributed by atoms with Gasteiger partial charge in [0.05, 0.1) is 5.56 Å². The van der Waals surface area contributed by atoms with Crippen LogP contribution >= 0.6 is 0 Å². The Hall–Kier alpha value is -2.02. The topological polar surface area (TPSA) is 29.5 Å². The van der Waals surface area contributed by atoms with Gasteiger partial charge in [0.25, 0.3) is 0 Å². The smallest absolute Gasteiger partial charge is 0.410 e. The Morgan fingerprint density at radius 2 is 2.00 bits per heavy atom. The van der Waals surface area contributed by atoms with Gasteiger partial charge in [-0.25, -0.2) is 9.18 Å². The molecule has 4 heteroatoms. The number of hydrogen-bond donors (Lipinski definition) is 0. The van der Waals surface area contributed by atoms with Crippen molar-refractivity contribution in [2.75, 3.05) is 0 Å². The number of hydrogen-bond acceptors (Lipinski definition) is 2. The summed E-state index contributed by atoms with van der Waals surface area (Å²) in [6.07, 6.45) is 10.4. The van der Waals surface area contributed by atoms with Crippen molar-refractivity contribution in [3.8, 4) is 12.3 Å². The molecule has 0 aromatic heterocycles. The fourth-order valence-electron chi connectivity index (χ4n) is 3.03. The Balaban J connectivity index is 2.22. The molecule has 3 nitrogen and oxygen atoms in total. The van der Waals surface area contributed by atoms with Gasteiger partial charge in [-0.3, -0.25) is 0 Å². The minimum absolute atomic E-state index is 0.160. The van der Waals surface area contributed by atoms with Crippen LogP contribution in [0.25, 0.3) is 0 Å². The molecule has 0 bridgehead atoms. The molecule has 0 N–H and O–H groups in total. The van der Waals surface area contributed by atoms with E-state index in [-0.39, 0.29) is 17.7 Å². The lowest BCUT2D eigenvalue weighted by Crippen LogP contribution is -2.43. The van der Waals surface area contributed by atoms with Crippen LogP contribution in [0.3, 0.4) is 0 Å². The average Bonchev–Trinajstić information content (AvgIpc) is 2.53. The van der Waals surface area contributed by atoms with Crippen molar-refractivity contribution in [1.29, 1.82) is 0 Å². The van der Waals surface area contributed by atoms with Gasteiger partial charge in [-0.05, 0) is 51.3 Å². The SMILES string of the molecule is C#Cc1cc(CN(C(=O)OC(C)(C)C)C2CCCCC2)ccc1F. The molecule has 1 aliphatic rings. The van der Waals surface area contributed by atoms with Gasteiger partial charge in [0.15, 0.2) is 0 Å². The lowest BCUT2D eigenvalue weighted by molar-refractivity contribution is 0.00988. The van der Waals surface area contributed by atoms with Gasteiger partial charge in [-0.2, -0.15) is 0 Å². The largest absolute Gasteiger partial charge is 0.444 e. The molecule has 0 atom stereocenters. The zero-order valence-corrected chi connectivity index (χ0v) is 14.8. The summed E-state index contributed by atoms with van der Waals surface area (Å²) in [6, 6.07) is 4.83. The second kappa shape index (κ2) is 7.70. The number of amides is 1. The summed E-state index contributed by atoms with van der Waals surface area (Å²) in [7, 11) is 0. The molecule has 2 rings (SSSR count). The number of nitrogens with zero attached hydrogens (tertiary/aromatic N) is 1. The molecule has 1 aliphatic carbocycles. The first-order valence-electron chi connectivity index (χ1n) is 8.55. The molecule has 130 valence electrons. The number of carbonyl (C=O) groups is 1. The summed E-state index contributed by atoms with van der Waals surface area (Å²) < 4.78 is 19.2. The third-order valence-electron chi connectivity index (χ3n) is 4.18. The van der Waals surface area contributed by atoms with Crippen LogP contribution in [0, 0.1) is 18.2 Å². The summed E-state index contributed by atoms with van der Waals surface area (Å²) in [6.45, 7) is 5.96. The lowest BCUT2D eigenvalue weighted by atomic mass is 9.94. The van der Waals surface area contributed by atoms with Crippen LogP contribution in [0.5, 0.6) is 0 Å². The average molecular weight is 331 g/mol. The Kier molecular flexibility index (Phi) is 5.88. The van der Waals surface area contributed by atoms with Crippen molar-refractivity contribution in [1.82, 2.24) is 4.90 Å². The van der Waals surface area contributed by atoms with E-state index in [0.29, 0.717) is 6.54 Å². The molecule has 1 saturated carbocycles. The van der Waals surface area contributed by atoms with Gasteiger partial charge < -0.3 is 9.64 Å². The highest BCUT2D eigenvalue weighted by molar-refractivity contribution is 5.68. The van der Waals surface area contributed by atoms with E-state index in [9.17, 15) is 9.18 Å². The summed E-state index contributed by atoms with van der Waals surface area (Å²) >= 11 is 0. The third kappa shape index (κ3) is 4.99. The molecule has 0 unspecified atom stereocenters. The molecule has 0 heterocycles. The van der Waals surface area contributed by atoms with Gasteiger partial charge in [0.2, 0.25) is 0 Å². The summed E-state index contributed by atoms with van der Waals surface area (Å²) in [5.74, 6) is 1.93. The molecule has 0 radical (unpaired) electrons. The minimum Gasteiger partial charge on any atom is -0.444 e. The normalized spacial score (nSPS) is 15.6. The first-order valence-corrected chi connectivity index (χ1v) is 8.55. The molecule has 1 aromatic carbocycles. The number of benzene rings is 1. The summed E-state index contributed by atoms with van der Waals surface area (Å²) in [5.41, 5.74) is 0.498. The van der Waals surface area contributed by atoms with Crippen molar-refractivity contribution >= 4 is 6.09 Å². The standard InChI is InChI=1S/C20H26FNO2/c1-5-16-13-15(11-12-18(16)21)14-22(17-9-7-6-8-10-17)19(23)24-20(2,3)4/h1,11-13,17H,6-10,14H2,2-4H3. The van der Waals surface area contributed by atoms with Gasteiger partial charge >= 0.3 is 6.09 Å². The van der Waals surface area contributed by atoms with Crippen molar-refractivity contribution in [2.45, 2.75) is 71.1 Å². The Morgan fingerprint density at radius 1 is 1.33 bits per heavy atom. The van der Waals surface area contributed by atoms with Crippen molar-refractivity contribution in [3.05, 3.63) is 35.1 Å². The molecule has 0 saturated heterocycles. The summed E-state index contributed by atoms with van der Waals surface area (Å²) in [5, 5.41) is 0. The van der Waals surface area contributed by atoms with E-state index in [0.717, 1.165) is 31.2 Å².